The number of nitrogens with one attached hydrogen (secondary N) is 1. The van der Waals surface area contributed by atoms with Gasteiger partial charge in [0, 0.05) is 23.4 Å². The van der Waals surface area contributed by atoms with Crippen molar-refractivity contribution < 1.29 is 8.42 Å². The van der Waals surface area contributed by atoms with Crippen molar-refractivity contribution in [2.24, 2.45) is 11.3 Å². The minimum atomic E-state index is -3.26. The number of benzene rings is 1. The maximum absolute atomic E-state index is 11.8. The Labute approximate surface area is 127 Å². The van der Waals surface area contributed by atoms with Gasteiger partial charge in [0.1, 0.15) is 0 Å². The van der Waals surface area contributed by atoms with Crippen molar-refractivity contribution in [1.29, 1.82) is 0 Å². The van der Waals surface area contributed by atoms with Gasteiger partial charge >= 0.3 is 0 Å². The fraction of sp³-hybridized carbons (Fsp3) is 0.600. The lowest BCUT2D eigenvalue weighted by atomic mass is 9.82. The molecule has 1 rings (SSSR count). The van der Waals surface area contributed by atoms with E-state index in [4.69, 9.17) is 11.6 Å². The highest BCUT2D eigenvalue weighted by molar-refractivity contribution is 7.90. The first-order valence-electron chi connectivity index (χ1n) is 6.71. The Kier molecular flexibility index (Phi) is 5.64. The van der Waals surface area contributed by atoms with Crippen molar-refractivity contribution in [3.63, 3.8) is 0 Å². The molecule has 0 aliphatic heterocycles. The topological polar surface area (TPSA) is 46.2 Å². The predicted octanol–water partition coefficient (Wildman–Crippen LogP) is 3.52. The van der Waals surface area contributed by atoms with Crippen LogP contribution in [0.5, 0.6) is 0 Å². The Morgan fingerprint density at radius 2 is 1.90 bits per heavy atom. The fourth-order valence-electron chi connectivity index (χ4n) is 1.78. The number of sulfone groups is 1. The van der Waals surface area contributed by atoms with Gasteiger partial charge in [0.2, 0.25) is 0 Å². The molecule has 0 saturated heterocycles. The first-order valence-corrected chi connectivity index (χ1v) is 8.98. The van der Waals surface area contributed by atoms with E-state index in [2.05, 4.69) is 33.0 Å². The molecule has 0 aliphatic carbocycles. The number of rotatable bonds is 5. The Morgan fingerprint density at radius 1 is 1.30 bits per heavy atom. The van der Waals surface area contributed by atoms with Crippen molar-refractivity contribution in [3.8, 4) is 0 Å². The van der Waals surface area contributed by atoms with Gasteiger partial charge in [-0.2, -0.15) is 0 Å². The summed E-state index contributed by atoms with van der Waals surface area (Å²) in [6.45, 7) is 10.0. The zero-order valence-electron chi connectivity index (χ0n) is 12.8. The quantitative estimate of drug-likeness (QED) is 0.904. The summed E-state index contributed by atoms with van der Waals surface area (Å²) in [6.07, 6.45) is 1.21. The summed E-state index contributed by atoms with van der Waals surface area (Å²) in [5.74, 6) is 0.478. The van der Waals surface area contributed by atoms with E-state index < -0.39 is 9.84 Å². The molecular weight excluding hydrogens is 294 g/mol. The SMILES string of the molecule is CC(CNCc1c(Cl)cccc1S(C)(=O)=O)C(C)(C)C. The van der Waals surface area contributed by atoms with Crippen LogP contribution in [0, 0.1) is 11.3 Å². The van der Waals surface area contributed by atoms with Crippen LogP contribution in [0.1, 0.15) is 33.3 Å². The summed E-state index contributed by atoms with van der Waals surface area (Å²) in [6, 6.07) is 4.99. The van der Waals surface area contributed by atoms with E-state index in [1.807, 2.05) is 0 Å². The van der Waals surface area contributed by atoms with Crippen molar-refractivity contribution in [2.45, 2.75) is 39.1 Å². The Hall–Kier alpha value is -0.580. The van der Waals surface area contributed by atoms with Crippen LogP contribution < -0.4 is 5.32 Å². The molecule has 0 aromatic heterocycles. The molecule has 1 atom stereocenters. The molecule has 0 spiro atoms. The molecule has 0 fully saturated rings. The second kappa shape index (κ2) is 6.46. The molecular formula is C15H24ClNO2S. The van der Waals surface area contributed by atoms with Gasteiger partial charge in [-0.1, -0.05) is 45.4 Å². The van der Waals surface area contributed by atoms with Crippen molar-refractivity contribution in [1.82, 2.24) is 5.32 Å². The lowest BCUT2D eigenvalue weighted by molar-refractivity contribution is 0.252. The van der Waals surface area contributed by atoms with Crippen LogP contribution in [0.4, 0.5) is 0 Å². The van der Waals surface area contributed by atoms with Crippen LogP contribution in [0.25, 0.3) is 0 Å². The number of hydrogen-bond acceptors (Lipinski definition) is 3. The summed E-state index contributed by atoms with van der Waals surface area (Å²) in [5.41, 5.74) is 0.866. The minimum absolute atomic E-state index is 0.215. The van der Waals surface area contributed by atoms with Crippen LogP contribution in [0.3, 0.4) is 0 Å². The predicted molar refractivity (Wildman–Crippen MR) is 84.9 cm³/mol. The lowest BCUT2D eigenvalue weighted by Crippen LogP contribution is -2.29. The van der Waals surface area contributed by atoms with Gasteiger partial charge < -0.3 is 5.32 Å². The van der Waals surface area contributed by atoms with Crippen LogP contribution in [-0.2, 0) is 16.4 Å². The molecule has 0 radical (unpaired) electrons. The standard InChI is InChI=1S/C15H24ClNO2S/c1-11(15(2,3)4)9-17-10-12-13(16)7-6-8-14(12)20(5,18)19/h6-8,11,17H,9-10H2,1-5H3. The molecule has 0 aliphatic rings. The van der Waals surface area contributed by atoms with E-state index in [0.29, 0.717) is 27.9 Å². The Balaban J connectivity index is 2.84. The van der Waals surface area contributed by atoms with Crippen molar-refractivity contribution >= 4 is 21.4 Å². The largest absolute Gasteiger partial charge is 0.312 e. The zero-order valence-corrected chi connectivity index (χ0v) is 14.4. The summed E-state index contributed by atoms with van der Waals surface area (Å²) < 4.78 is 23.6. The average Bonchev–Trinajstić information content (AvgIpc) is 2.28. The molecule has 1 unspecified atom stereocenters. The lowest BCUT2D eigenvalue weighted by Gasteiger charge is -2.27. The smallest absolute Gasteiger partial charge is 0.175 e. The normalized spacial score (nSPS) is 14.3. The summed E-state index contributed by atoms with van der Waals surface area (Å²) in [5, 5.41) is 3.80. The summed E-state index contributed by atoms with van der Waals surface area (Å²) >= 11 is 6.14. The molecule has 0 heterocycles. The minimum Gasteiger partial charge on any atom is -0.312 e. The third-order valence-corrected chi connectivity index (χ3v) is 5.24. The van der Waals surface area contributed by atoms with E-state index >= 15 is 0 Å². The number of halogens is 1. The molecule has 114 valence electrons. The van der Waals surface area contributed by atoms with E-state index in [0.717, 1.165) is 6.54 Å². The molecule has 0 amide bonds. The molecule has 1 aromatic carbocycles. The highest BCUT2D eigenvalue weighted by Crippen LogP contribution is 2.26. The van der Waals surface area contributed by atoms with Crippen molar-refractivity contribution in [3.05, 3.63) is 28.8 Å². The molecule has 0 saturated carbocycles. The second-order valence-electron chi connectivity index (χ2n) is 6.39. The third-order valence-electron chi connectivity index (χ3n) is 3.71. The van der Waals surface area contributed by atoms with Gasteiger partial charge in [-0.25, -0.2) is 8.42 Å². The van der Waals surface area contributed by atoms with Gasteiger partial charge in [-0.05, 0) is 30.0 Å². The fourth-order valence-corrected chi connectivity index (χ4v) is 3.03. The maximum Gasteiger partial charge on any atom is 0.175 e. The first-order chi connectivity index (χ1) is 9.03. The molecule has 20 heavy (non-hydrogen) atoms. The van der Waals surface area contributed by atoms with Gasteiger partial charge in [-0.3, -0.25) is 0 Å². The monoisotopic (exact) mass is 317 g/mol. The highest BCUT2D eigenvalue weighted by atomic mass is 35.5. The van der Waals surface area contributed by atoms with Gasteiger partial charge in [0.05, 0.1) is 4.90 Å². The zero-order chi connectivity index (χ0) is 15.6. The first kappa shape index (κ1) is 17.5. The van der Waals surface area contributed by atoms with Crippen molar-refractivity contribution in [2.75, 3.05) is 12.8 Å². The van der Waals surface area contributed by atoms with Crippen LogP contribution in [0.2, 0.25) is 5.02 Å². The van der Waals surface area contributed by atoms with E-state index in [-0.39, 0.29) is 5.41 Å². The Bertz CT molecular complexity index is 562. The maximum atomic E-state index is 11.8. The van der Waals surface area contributed by atoms with Crippen LogP contribution >= 0.6 is 11.6 Å². The number of hydrogen-bond donors (Lipinski definition) is 1. The van der Waals surface area contributed by atoms with E-state index in [1.54, 1.807) is 18.2 Å². The molecule has 3 nitrogen and oxygen atoms in total. The highest BCUT2D eigenvalue weighted by Gasteiger charge is 2.20. The summed E-state index contributed by atoms with van der Waals surface area (Å²) in [4.78, 5) is 0.306. The van der Waals surface area contributed by atoms with Crippen LogP contribution in [0.15, 0.2) is 23.1 Å². The Morgan fingerprint density at radius 3 is 2.40 bits per heavy atom. The average molecular weight is 318 g/mol. The van der Waals surface area contributed by atoms with Gasteiger partial charge in [0.15, 0.2) is 9.84 Å². The van der Waals surface area contributed by atoms with Gasteiger partial charge in [-0.15, -0.1) is 0 Å². The second-order valence-corrected chi connectivity index (χ2v) is 8.78. The van der Waals surface area contributed by atoms with E-state index in [1.165, 1.54) is 6.26 Å². The molecule has 0 bridgehead atoms. The molecule has 1 N–H and O–H groups in total. The van der Waals surface area contributed by atoms with Crippen LogP contribution in [-0.4, -0.2) is 21.2 Å². The van der Waals surface area contributed by atoms with Gasteiger partial charge in [0.25, 0.3) is 0 Å². The third kappa shape index (κ3) is 4.76. The molecule has 1 aromatic rings. The summed E-state index contributed by atoms with van der Waals surface area (Å²) in [7, 11) is -3.26. The van der Waals surface area contributed by atoms with E-state index in [9.17, 15) is 8.42 Å². The molecule has 5 heteroatoms.